The second-order valence-corrected chi connectivity index (χ2v) is 13.8. The zero-order valence-electron chi connectivity index (χ0n) is 25.3. The van der Waals surface area contributed by atoms with Gasteiger partial charge in [0.2, 0.25) is 23.6 Å². The molecule has 0 bridgehead atoms. The number of likely N-dealkylation sites (tertiary alicyclic amines) is 1. The Balaban J connectivity index is 1.53. The van der Waals surface area contributed by atoms with Crippen LogP contribution in [0.5, 0.6) is 11.5 Å². The first-order chi connectivity index (χ1) is 22.1. The van der Waals surface area contributed by atoms with Crippen LogP contribution in [0.25, 0.3) is 0 Å². The number of nitrogens with zero attached hydrogens (tertiary/aromatic N) is 2. The van der Waals surface area contributed by atoms with Gasteiger partial charge in [-0.05, 0) is 61.1 Å². The van der Waals surface area contributed by atoms with E-state index < -0.39 is 46.8 Å². The second kappa shape index (κ2) is 11.4. The lowest BCUT2D eigenvalue weighted by Gasteiger charge is -2.50. The van der Waals surface area contributed by atoms with Crippen molar-refractivity contribution in [1.29, 1.82) is 0 Å². The average molecular weight is 704 g/mol. The monoisotopic (exact) mass is 702 g/mol. The van der Waals surface area contributed by atoms with Gasteiger partial charge in [-0.25, -0.2) is 4.90 Å². The molecule has 10 heteroatoms. The SMILES string of the molecule is CCCN1C(=O)C2CC=C3C(CC4C(=O)N(c5cccc(Cl)c5)C(=O)C4(c4ccccc4)C3c3cc(Br)cc(OC)c3O)C2C1=O. The van der Waals surface area contributed by atoms with E-state index in [1.165, 1.54) is 16.9 Å². The molecule has 2 aliphatic heterocycles. The number of halogens is 2. The fourth-order valence-electron chi connectivity index (χ4n) is 8.57. The van der Waals surface area contributed by atoms with Crippen LogP contribution in [0, 0.1) is 23.7 Å². The molecular formula is C36H32BrClN2O6. The van der Waals surface area contributed by atoms with Crippen LogP contribution in [0.4, 0.5) is 5.69 Å². The van der Waals surface area contributed by atoms with Gasteiger partial charge in [-0.3, -0.25) is 24.1 Å². The van der Waals surface area contributed by atoms with Crippen LogP contribution in [-0.2, 0) is 24.6 Å². The number of carbonyl (C=O) groups is 4. The van der Waals surface area contributed by atoms with Gasteiger partial charge in [-0.15, -0.1) is 0 Å². The maximum absolute atomic E-state index is 15.3. The summed E-state index contributed by atoms with van der Waals surface area (Å²) in [4.78, 5) is 60.1. The predicted octanol–water partition coefficient (Wildman–Crippen LogP) is 6.39. The zero-order valence-corrected chi connectivity index (χ0v) is 27.6. The number of fused-ring (bicyclic) bond motifs is 4. The van der Waals surface area contributed by atoms with Crippen molar-refractivity contribution in [2.45, 2.75) is 37.5 Å². The Hall–Kier alpha value is -3.95. The van der Waals surface area contributed by atoms with E-state index in [0.717, 1.165) is 5.57 Å². The Labute approximate surface area is 280 Å². The number of carbonyl (C=O) groups excluding carboxylic acids is 4. The summed E-state index contributed by atoms with van der Waals surface area (Å²) in [7, 11) is 1.45. The molecule has 6 unspecified atom stereocenters. The Morgan fingerprint density at radius 2 is 1.74 bits per heavy atom. The van der Waals surface area contributed by atoms with E-state index in [-0.39, 0.29) is 29.7 Å². The van der Waals surface area contributed by atoms with E-state index >= 15 is 4.79 Å². The van der Waals surface area contributed by atoms with Crippen LogP contribution in [0.2, 0.25) is 5.02 Å². The molecular weight excluding hydrogens is 672 g/mol. The van der Waals surface area contributed by atoms with Gasteiger partial charge in [0.05, 0.1) is 36.0 Å². The number of phenols is 1. The highest BCUT2D eigenvalue weighted by Gasteiger charge is 2.70. The minimum atomic E-state index is -1.49. The molecule has 2 saturated heterocycles. The molecule has 3 aromatic rings. The first-order valence-corrected chi connectivity index (χ1v) is 16.6. The van der Waals surface area contributed by atoms with Crippen molar-refractivity contribution in [3.8, 4) is 11.5 Å². The highest BCUT2D eigenvalue weighted by atomic mass is 79.9. The van der Waals surface area contributed by atoms with E-state index in [2.05, 4.69) is 15.9 Å². The van der Waals surface area contributed by atoms with Crippen molar-refractivity contribution in [3.63, 3.8) is 0 Å². The van der Waals surface area contributed by atoms with Crippen molar-refractivity contribution in [1.82, 2.24) is 4.90 Å². The number of aromatic hydroxyl groups is 1. The quantitative estimate of drug-likeness (QED) is 0.236. The third kappa shape index (κ3) is 4.24. The molecule has 4 aliphatic rings. The van der Waals surface area contributed by atoms with Crippen molar-refractivity contribution >= 4 is 56.8 Å². The summed E-state index contributed by atoms with van der Waals surface area (Å²) < 4.78 is 6.16. The summed E-state index contributed by atoms with van der Waals surface area (Å²) >= 11 is 9.93. The van der Waals surface area contributed by atoms with Gasteiger partial charge >= 0.3 is 0 Å². The van der Waals surface area contributed by atoms with Crippen LogP contribution in [-0.4, -0.2) is 47.3 Å². The van der Waals surface area contributed by atoms with Crippen LogP contribution in [0.15, 0.2) is 82.9 Å². The van der Waals surface area contributed by atoms with Gasteiger partial charge in [0.25, 0.3) is 0 Å². The molecule has 8 nitrogen and oxygen atoms in total. The number of methoxy groups -OCH3 is 1. The van der Waals surface area contributed by atoms with Crippen molar-refractivity contribution < 1.29 is 29.0 Å². The number of hydrogen-bond donors (Lipinski definition) is 1. The highest BCUT2D eigenvalue weighted by Crippen LogP contribution is 2.65. The maximum atomic E-state index is 15.3. The Kier molecular flexibility index (Phi) is 7.60. The Bertz CT molecular complexity index is 1830. The molecule has 3 fully saturated rings. The van der Waals surface area contributed by atoms with Crippen molar-refractivity contribution in [2.24, 2.45) is 23.7 Å². The zero-order chi connectivity index (χ0) is 32.5. The highest BCUT2D eigenvalue weighted by molar-refractivity contribution is 9.10. The van der Waals surface area contributed by atoms with Gasteiger partial charge in [0.1, 0.15) is 0 Å². The topological polar surface area (TPSA) is 104 Å². The number of amides is 4. The number of allylic oxidation sites excluding steroid dienone is 2. The molecule has 2 aliphatic carbocycles. The molecule has 1 saturated carbocycles. The summed E-state index contributed by atoms with van der Waals surface area (Å²) in [6, 6.07) is 19.2. The number of hydrogen-bond acceptors (Lipinski definition) is 6. The predicted molar refractivity (Wildman–Crippen MR) is 175 cm³/mol. The van der Waals surface area contributed by atoms with E-state index in [4.69, 9.17) is 16.3 Å². The molecule has 1 N–H and O–H groups in total. The summed E-state index contributed by atoms with van der Waals surface area (Å²) in [6.07, 6.45) is 3.12. The van der Waals surface area contributed by atoms with Crippen LogP contribution >= 0.6 is 27.5 Å². The van der Waals surface area contributed by atoms with Gasteiger partial charge in [-0.1, -0.05) is 82.5 Å². The van der Waals surface area contributed by atoms with Crippen LogP contribution in [0.3, 0.4) is 0 Å². The van der Waals surface area contributed by atoms with Gasteiger partial charge in [0, 0.05) is 27.5 Å². The smallest absolute Gasteiger partial charge is 0.246 e. The fraction of sp³-hybridized carbons (Fsp3) is 0.333. The second-order valence-electron chi connectivity index (χ2n) is 12.5. The van der Waals surface area contributed by atoms with Gasteiger partial charge < -0.3 is 9.84 Å². The molecule has 7 rings (SSSR count). The van der Waals surface area contributed by atoms with Crippen LogP contribution in [0.1, 0.15) is 43.2 Å². The minimum absolute atomic E-state index is 0.156. The average Bonchev–Trinajstić information content (AvgIpc) is 3.43. The summed E-state index contributed by atoms with van der Waals surface area (Å²) in [6.45, 7) is 2.25. The minimum Gasteiger partial charge on any atom is -0.504 e. The van der Waals surface area contributed by atoms with E-state index in [9.17, 15) is 19.5 Å². The fourth-order valence-corrected chi connectivity index (χ4v) is 9.21. The Morgan fingerprint density at radius 3 is 2.43 bits per heavy atom. The van der Waals surface area contributed by atoms with E-state index in [1.807, 2.05) is 43.3 Å². The summed E-state index contributed by atoms with van der Waals surface area (Å²) in [5.74, 6) is -4.74. The molecule has 6 atom stereocenters. The largest absolute Gasteiger partial charge is 0.504 e. The number of ether oxygens (including phenoxy) is 1. The third-order valence-electron chi connectivity index (χ3n) is 10.3. The number of anilines is 1. The summed E-state index contributed by atoms with van der Waals surface area (Å²) in [5.41, 5.74) is 0.636. The molecule has 4 amide bonds. The number of rotatable bonds is 6. The van der Waals surface area contributed by atoms with E-state index in [1.54, 1.807) is 36.4 Å². The number of phenolic OH excluding ortho intramolecular Hbond substituents is 1. The van der Waals surface area contributed by atoms with Gasteiger partial charge in [-0.2, -0.15) is 0 Å². The molecule has 3 aromatic carbocycles. The van der Waals surface area contributed by atoms with Crippen LogP contribution < -0.4 is 9.64 Å². The van der Waals surface area contributed by atoms with Crippen molar-refractivity contribution in [2.75, 3.05) is 18.6 Å². The number of benzene rings is 3. The Morgan fingerprint density at radius 1 is 0.978 bits per heavy atom. The number of imide groups is 2. The van der Waals surface area contributed by atoms with Crippen molar-refractivity contribution in [3.05, 3.63) is 99.0 Å². The molecule has 236 valence electrons. The normalized spacial score (nSPS) is 28.6. The molecule has 2 heterocycles. The molecule has 46 heavy (non-hydrogen) atoms. The lowest BCUT2D eigenvalue weighted by molar-refractivity contribution is -0.140. The molecule has 0 spiro atoms. The lowest BCUT2D eigenvalue weighted by atomic mass is 9.49. The molecule has 0 radical (unpaired) electrons. The standard InChI is InChI=1S/C36H32BrClN2O6/c1-3-14-39-32(42)24-13-12-23-25(29(24)34(39)44)18-27-33(43)40(22-11-7-10-21(38)17-22)35(45)36(27,19-8-5-4-6-9-19)30(23)26-15-20(37)16-28(46-2)31(26)41/h4-12,15-17,24-25,27,29-30,41H,3,13-14,18H2,1-2H3. The maximum Gasteiger partial charge on any atom is 0.246 e. The van der Waals surface area contributed by atoms with E-state index in [0.29, 0.717) is 45.7 Å². The third-order valence-corrected chi connectivity index (χ3v) is 11.0. The molecule has 0 aromatic heterocycles. The summed E-state index contributed by atoms with van der Waals surface area (Å²) in [5, 5.41) is 12.1. The first kappa shape index (κ1) is 30.7. The first-order valence-electron chi connectivity index (χ1n) is 15.5. The lowest BCUT2D eigenvalue weighted by Crippen LogP contribution is -2.53. The van der Waals surface area contributed by atoms with Gasteiger partial charge in [0.15, 0.2) is 11.5 Å².